The summed E-state index contributed by atoms with van der Waals surface area (Å²) in [4.78, 5) is 17.1. The molecule has 6 heteroatoms. The molecule has 112 valence electrons. The van der Waals surface area contributed by atoms with Crippen LogP contribution in [0.5, 0.6) is 0 Å². The van der Waals surface area contributed by atoms with Gasteiger partial charge in [-0.1, -0.05) is 0 Å². The molecule has 0 atom stereocenters. The molecule has 3 rings (SSSR count). The third kappa shape index (κ3) is 3.01. The number of hydrogen-bond donors (Lipinski definition) is 1. The summed E-state index contributed by atoms with van der Waals surface area (Å²) < 4.78 is 6.91. The Morgan fingerprint density at radius 1 is 1.48 bits per heavy atom. The van der Waals surface area contributed by atoms with Crippen LogP contribution in [-0.4, -0.2) is 29.8 Å². The summed E-state index contributed by atoms with van der Waals surface area (Å²) in [5.41, 5.74) is 2.54. The third-order valence-electron chi connectivity index (χ3n) is 3.59. The summed E-state index contributed by atoms with van der Waals surface area (Å²) in [5.74, 6) is 0. The van der Waals surface area contributed by atoms with Crippen LogP contribution in [-0.2, 0) is 4.74 Å². The number of thiazole rings is 1. The van der Waals surface area contributed by atoms with Gasteiger partial charge in [-0.15, -0.1) is 11.3 Å². The van der Waals surface area contributed by atoms with Crippen molar-refractivity contribution in [1.29, 1.82) is 0 Å². The fourth-order valence-electron chi connectivity index (χ4n) is 2.37. The molecule has 1 fully saturated rings. The van der Waals surface area contributed by atoms with E-state index in [2.05, 4.69) is 10.3 Å². The lowest BCUT2D eigenvalue weighted by atomic mass is 10.2. The van der Waals surface area contributed by atoms with E-state index in [1.165, 1.54) is 11.3 Å². The number of hydrogen-bond acceptors (Lipinski definition) is 5. The molecule has 2 aromatic rings. The Balaban J connectivity index is 1.87. The van der Waals surface area contributed by atoms with Crippen LogP contribution in [0.1, 0.15) is 24.6 Å². The minimum Gasteiger partial charge on any atom is -0.383 e. The molecule has 0 radical (unpaired) electrons. The Morgan fingerprint density at radius 2 is 2.29 bits per heavy atom. The maximum Gasteiger partial charge on any atom is 0.260 e. The predicted octanol–water partition coefficient (Wildman–Crippen LogP) is 2.67. The molecule has 1 aliphatic rings. The largest absolute Gasteiger partial charge is 0.383 e. The van der Waals surface area contributed by atoms with Crippen molar-refractivity contribution in [2.75, 3.05) is 25.6 Å². The SMILES string of the molecule is COCCNc1nc(-c2ccc(C)n(C3CC3)c2=O)cs1. The summed E-state index contributed by atoms with van der Waals surface area (Å²) in [7, 11) is 1.67. The standard InChI is InChI=1S/C15H19N3O2S/c1-10-3-6-12(14(19)18(10)11-4-5-11)13-9-21-15(17-13)16-7-8-20-2/h3,6,9,11H,4-5,7-8H2,1-2H3,(H,16,17). The zero-order valence-electron chi connectivity index (χ0n) is 12.3. The van der Waals surface area contributed by atoms with Crippen molar-refractivity contribution in [3.63, 3.8) is 0 Å². The van der Waals surface area contributed by atoms with Gasteiger partial charge in [0.2, 0.25) is 0 Å². The first kappa shape index (κ1) is 14.3. The number of aryl methyl sites for hydroxylation is 1. The summed E-state index contributed by atoms with van der Waals surface area (Å²) in [6, 6.07) is 4.27. The van der Waals surface area contributed by atoms with Crippen LogP contribution >= 0.6 is 11.3 Å². The minimum absolute atomic E-state index is 0.0752. The van der Waals surface area contributed by atoms with Crippen LogP contribution in [0.25, 0.3) is 11.3 Å². The quantitative estimate of drug-likeness (QED) is 0.834. The molecular weight excluding hydrogens is 286 g/mol. The molecule has 5 nitrogen and oxygen atoms in total. The van der Waals surface area contributed by atoms with Crippen molar-refractivity contribution >= 4 is 16.5 Å². The van der Waals surface area contributed by atoms with Crippen LogP contribution in [0.2, 0.25) is 0 Å². The average molecular weight is 305 g/mol. The predicted molar refractivity (Wildman–Crippen MR) is 85.2 cm³/mol. The first-order valence-corrected chi connectivity index (χ1v) is 7.99. The number of nitrogens with zero attached hydrogens (tertiary/aromatic N) is 2. The number of rotatable bonds is 6. The van der Waals surface area contributed by atoms with Crippen LogP contribution in [0.15, 0.2) is 22.3 Å². The number of anilines is 1. The fourth-order valence-corrected chi connectivity index (χ4v) is 3.10. The summed E-state index contributed by atoms with van der Waals surface area (Å²) in [6.45, 7) is 3.33. The second-order valence-electron chi connectivity index (χ2n) is 5.25. The van der Waals surface area contributed by atoms with Crippen molar-refractivity contribution in [3.05, 3.63) is 33.6 Å². The molecule has 0 saturated heterocycles. The second kappa shape index (κ2) is 5.99. The highest BCUT2D eigenvalue weighted by atomic mass is 32.1. The number of methoxy groups -OCH3 is 1. The second-order valence-corrected chi connectivity index (χ2v) is 6.11. The lowest BCUT2D eigenvalue weighted by molar-refractivity contribution is 0.211. The van der Waals surface area contributed by atoms with Crippen LogP contribution in [0, 0.1) is 6.92 Å². The van der Waals surface area contributed by atoms with Crippen molar-refractivity contribution < 1.29 is 4.74 Å². The summed E-state index contributed by atoms with van der Waals surface area (Å²) >= 11 is 1.51. The molecule has 1 aliphatic carbocycles. The minimum atomic E-state index is 0.0752. The first-order valence-electron chi connectivity index (χ1n) is 7.11. The van der Waals surface area contributed by atoms with Crippen molar-refractivity contribution in [2.24, 2.45) is 0 Å². The Bertz CT molecular complexity index is 688. The molecule has 0 spiro atoms. The van der Waals surface area contributed by atoms with Gasteiger partial charge in [-0.3, -0.25) is 4.79 Å². The topological polar surface area (TPSA) is 56.1 Å². The van der Waals surface area contributed by atoms with Gasteiger partial charge < -0.3 is 14.6 Å². The first-order chi connectivity index (χ1) is 10.2. The van der Waals surface area contributed by atoms with E-state index in [1.54, 1.807) is 7.11 Å². The lowest BCUT2D eigenvalue weighted by Gasteiger charge is -2.09. The van der Waals surface area contributed by atoms with Gasteiger partial charge >= 0.3 is 0 Å². The van der Waals surface area contributed by atoms with Gasteiger partial charge in [-0.05, 0) is 31.9 Å². The molecule has 21 heavy (non-hydrogen) atoms. The molecule has 0 aromatic carbocycles. The zero-order valence-corrected chi connectivity index (χ0v) is 13.1. The highest BCUT2D eigenvalue weighted by molar-refractivity contribution is 7.14. The van der Waals surface area contributed by atoms with Crippen molar-refractivity contribution in [2.45, 2.75) is 25.8 Å². The Kier molecular flexibility index (Phi) is 4.07. The summed E-state index contributed by atoms with van der Waals surface area (Å²) in [5, 5.41) is 5.94. The Hall–Kier alpha value is -1.66. The van der Waals surface area contributed by atoms with Crippen LogP contribution in [0.3, 0.4) is 0 Å². The number of nitrogens with one attached hydrogen (secondary N) is 1. The van der Waals surface area contributed by atoms with E-state index in [0.29, 0.717) is 24.8 Å². The Morgan fingerprint density at radius 3 is 3.00 bits per heavy atom. The average Bonchev–Trinajstić information content (AvgIpc) is 3.18. The molecule has 1 N–H and O–H groups in total. The maximum absolute atomic E-state index is 12.6. The van der Waals surface area contributed by atoms with Crippen LogP contribution < -0.4 is 10.9 Å². The summed E-state index contributed by atoms with van der Waals surface area (Å²) in [6.07, 6.45) is 2.20. The molecule has 0 aliphatic heterocycles. The third-order valence-corrected chi connectivity index (χ3v) is 4.39. The molecule has 0 amide bonds. The van der Waals surface area contributed by atoms with E-state index in [9.17, 15) is 4.79 Å². The van der Waals surface area contributed by atoms with Gasteiger partial charge in [0.15, 0.2) is 5.13 Å². The van der Waals surface area contributed by atoms with E-state index >= 15 is 0 Å². The van der Waals surface area contributed by atoms with Crippen LogP contribution in [0.4, 0.5) is 5.13 Å². The van der Waals surface area contributed by atoms with Crippen molar-refractivity contribution in [1.82, 2.24) is 9.55 Å². The van der Waals surface area contributed by atoms with E-state index in [-0.39, 0.29) is 5.56 Å². The normalized spacial score (nSPS) is 14.4. The van der Waals surface area contributed by atoms with E-state index < -0.39 is 0 Å². The van der Waals surface area contributed by atoms with Gasteiger partial charge in [-0.25, -0.2) is 4.98 Å². The van der Waals surface area contributed by atoms with Gasteiger partial charge in [0.25, 0.3) is 5.56 Å². The van der Waals surface area contributed by atoms with Crippen molar-refractivity contribution in [3.8, 4) is 11.3 Å². The van der Waals surface area contributed by atoms with E-state index in [1.807, 2.05) is 29.0 Å². The molecule has 2 heterocycles. The highest BCUT2D eigenvalue weighted by Crippen LogP contribution is 2.35. The number of ether oxygens (including phenoxy) is 1. The van der Waals surface area contributed by atoms with Gasteiger partial charge in [-0.2, -0.15) is 0 Å². The van der Waals surface area contributed by atoms with Gasteiger partial charge in [0.1, 0.15) is 0 Å². The van der Waals surface area contributed by atoms with Gasteiger partial charge in [0, 0.05) is 30.8 Å². The highest BCUT2D eigenvalue weighted by Gasteiger charge is 2.27. The zero-order chi connectivity index (χ0) is 14.8. The molecule has 1 saturated carbocycles. The lowest BCUT2D eigenvalue weighted by Crippen LogP contribution is -2.22. The van der Waals surface area contributed by atoms with Gasteiger partial charge in [0.05, 0.1) is 17.9 Å². The van der Waals surface area contributed by atoms with E-state index in [0.717, 1.165) is 29.4 Å². The Labute approximate surface area is 127 Å². The van der Waals surface area contributed by atoms with E-state index in [4.69, 9.17) is 4.74 Å². The smallest absolute Gasteiger partial charge is 0.260 e. The maximum atomic E-state index is 12.6. The number of aromatic nitrogens is 2. The molecule has 0 bridgehead atoms. The fraction of sp³-hybridized carbons (Fsp3) is 0.467. The molecule has 2 aromatic heterocycles. The monoisotopic (exact) mass is 305 g/mol. The molecular formula is C15H19N3O2S. The number of pyridine rings is 1. The molecule has 0 unspecified atom stereocenters.